The third-order valence-corrected chi connectivity index (χ3v) is 12.3. The maximum absolute atomic E-state index is 13.3. The topological polar surface area (TPSA) is 159 Å². The SMILES string of the molecule is Cc1ncsc1-c1ccc([C@@H](N)CC(=O)NCCCCCCCCCNC(=O)c2ccc(C(=O)NC3C(C)(C)C(Oc4ccc(C#N)c(Cl)c4)C3(C)C)cc2)cc1. The molecule has 1 aliphatic carbocycles. The standard InChI is InChI=1S/C45H55ClN6O4S/c1-29-39(57-28-51-29)31-15-13-30(14-16-31)37(48)26-38(53)49-23-11-9-7-6-8-10-12-24-50-40(54)32-17-19-33(20-18-32)41(55)52-42-44(2,3)43(45(42,4)5)56-35-22-21-34(27-47)36(46)25-35/h13-22,25,28,37,42-43H,6-12,23-24,26,48H2,1-5H3,(H,49,53)(H,50,54)(H,52,55)/t37-,42?,43?/m0/s1. The number of nitriles is 1. The largest absolute Gasteiger partial charge is 0.489 e. The summed E-state index contributed by atoms with van der Waals surface area (Å²) in [5, 5.41) is 18.7. The lowest BCUT2D eigenvalue weighted by Gasteiger charge is -2.63. The molecule has 1 atom stereocenters. The Morgan fingerprint density at radius 1 is 0.860 bits per heavy atom. The van der Waals surface area contributed by atoms with Crippen molar-refractivity contribution in [3.63, 3.8) is 0 Å². The third kappa shape index (κ3) is 11.0. The van der Waals surface area contributed by atoms with Gasteiger partial charge in [-0.05, 0) is 67.3 Å². The molecule has 0 spiro atoms. The van der Waals surface area contributed by atoms with Crippen LogP contribution in [0.3, 0.4) is 0 Å². The van der Waals surface area contributed by atoms with Crippen molar-refractivity contribution in [1.29, 1.82) is 5.26 Å². The van der Waals surface area contributed by atoms with Crippen molar-refractivity contribution in [3.05, 3.63) is 105 Å². The van der Waals surface area contributed by atoms with Crippen LogP contribution in [0.5, 0.6) is 5.75 Å². The second-order valence-corrected chi connectivity index (χ2v) is 17.4. The maximum atomic E-state index is 13.3. The smallest absolute Gasteiger partial charge is 0.251 e. The number of hydrogen-bond donors (Lipinski definition) is 4. The molecule has 5 rings (SSSR count). The van der Waals surface area contributed by atoms with Gasteiger partial charge in [0, 0.05) is 59.6 Å². The monoisotopic (exact) mass is 810 g/mol. The van der Waals surface area contributed by atoms with Crippen LogP contribution in [0.15, 0.2) is 72.2 Å². The average Bonchev–Trinajstić information content (AvgIpc) is 3.63. The number of ether oxygens (including phenoxy) is 1. The van der Waals surface area contributed by atoms with Crippen LogP contribution in [0.2, 0.25) is 5.02 Å². The first-order chi connectivity index (χ1) is 27.2. The molecule has 1 heterocycles. The first-order valence-electron chi connectivity index (χ1n) is 19.8. The van der Waals surface area contributed by atoms with E-state index >= 15 is 0 Å². The molecule has 1 aliphatic rings. The lowest BCUT2D eigenvalue weighted by molar-refractivity contribution is -0.164. The molecule has 3 aromatic carbocycles. The molecule has 0 radical (unpaired) electrons. The van der Waals surface area contributed by atoms with E-state index < -0.39 is 0 Å². The molecule has 1 saturated carbocycles. The lowest BCUT2D eigenvalue weighted by Crippen LogP contribution is -2.74. The molecule has 0 aliphatic heterocycles. The minimum absolute atomic E-state index is 0.0276. The van der Waals surface area contributed by atoms with Gasteiger partial charge in [-0.1, -0.05) is 95.7 Å². The van der Waals surface area contributed by atoms with Crippen LogP contribution in [-0.2, 0) is 4.79 Å². The quantitative estimate of drug-likeness (QED) is 0.0689. The van der Waals surface area contributed by atoms with E-state index in [0.29, 0.717) is 40.6 Å². The van der Waals surface area contributed by atoms with E-state index in [2.05, 4.69) is 54.7 Å². The highest BCUT2D eigenvalue weighted by Crippen LogP contribution is 2.55. The molecule has 3 amide bonds. The van der Waals surface area contributed by atoms with Crippen LogP contribution in [0.1, 0.15) is 123 Å². The Balaban J connectivity index is 0.909. The van der Waals surface area contributed by atoms with Crippen molar-refractivity contribution in [1.82, 2.24) is 20.9 Å². The Labute approximate surface area is 345 Å². The maximum Gasteiger partial charge on any atom is 0.251 e. The number of nitrogens with one attached hydrogen (secondary N) is 3. The molecule has 0 bridgehead atoms. The van der Waals surface area contributed by atoms with E-state index in [0.717, 1.165) is 66.6 Å². The van der Waals surface area contributed by atoms with E-state index in [1.807, 2.05) is 36.7 Å². The first kappa shape index (κ1) is 43.4. The molecule has 10 nitrogen and oxygen atoms in total. The van der Waals surface area contributed by atoms with Gasteiger partial charge in [-0.25, -0.2) is 4.98 Å². The van der Waals surface area contributed by atoms with Crippen LogP contribution in [-0.4, -0.2) is 47.9 Å². The van der Waals surface area contributed by atoms with E-state index in [9.17, 15) is 19.6 Å². The third-order valence-electron chi connectivity index (χ3n) is 11.1. The summed E-state index contributed by atoms with van der Waals surface area (Å²) in [6, 6.07) is 21.4. The van der Waals surface area contributed by atoms with E-state index in [4.69, 9.17) is 22.1 Å². The number of rotatable bonds is 19. The number of nitrogens with two attached hydrogens (primary N) is 1. The van der Waals surface area contributed by atoms with Gasteiger partial charge in [0.15, 0.2) is 0 Å². The molecule has 0 unspecified atom stereocenters. The Kier molecular flexibility index (Phi) is 14.9. The highest BCUT2D eigenvalue weighted by molar-refractivity contribution is 7.13. The van der Waals surface area contributed by atoms with Gasteiger partial charge in [-0.3, -0.25) is 14.4 Å². The number of aryl methyl sites for hydroxylation is 1. The number of aromatic nitrogens is 1. The summed E-state index contributed by atoms with van der Waals surface area (Å²) < 4.78 is 6.33. The van der Waals surface area contributed by atoms with Gasteiger partial charge >= 0.3 is 0 Å². The number of thiazole rings is 1. The fraction of sp³-hybridized carbons (Fsp3) is 0.444. The van der Waals surface area contributed by atoms with Crippen molar-refractivity contribution >= 4 is 40.7 Å². The van der Waals surface area contributed by atoms with Crippen LogP contribution >= 0.6 is 22.9 Å². The van der Waals surface area contributed by atoms with Gasteiger partial charge in [0.25, 0.3) is 11.8 Å². The Bertz CT molecular complexity index is 2020. The molecule has 1 fully saturated rings. The van der Waals surface area contributed by atoms with Crippen LogP contribution in [0.25, 0.3) is 10.4 Å². The molecule has 57 heavy (non-hydrogen) atoms. The van der Waals surface area contributed by atoms with Crippen molar-refractivity contribution in [2.45, 2.75) is 104 Å². The number of benzene rings is 3. The summed E-state index contributed by atoms with van der Waals surface area (Å²) >= 11 is 7.83. The predicted octanol–water partition coefficient (Wildman–Crippen LogP) is 8.92. The first-order valence-corrected chi connectivity index (χ1v) is 21.1. The zero-order valence-electron chi connectivity index (χ0n) is 33.6. The summed E-state index contributed by atoms with van der Waals surface area (Å²) in [5.74, 6) is 0.183. The molecule has 302 valence electrons. The number of carbonyl (C=O) groups is 3. The minimum atomic E-state index is -0.383. The normalized spacial score (nSPS) is 17.1. The van der Waals surface area contributed by atoms with E-state index in [1.54, 1.807) is 53.8 Å². The van der Waals surface area contributed by atoms with Gasteiger partial charge in [0.05, 0.1) is 26.7 Å². The van der Waals surface area contributed by atoms with Crippen molar-refractivity contribution in [2.24, 2.45) is 16.6 Å². The average molecular weight is 811 g/mol. The summed E-state index contributed by atoms with van der Waals surface area (Å²) in [6.45, 7) is 11.5. The fourth-order valence-corrected chi connectivity index (χ4v) is 9.12. The minimum Gasteiger partial charge on any atom is -0.489 e. The number of amides is 3. The zero-order valence-corrected chi connectivity index (χ0v) is 35.2. The summed E-state index contributed by atoms with van der Waals surface area (Å²) in [6.07, 6.45) is 7.27. The molecular weight excluding hydrogens is 756 g/mol. The summed E-state index contributed by atoms with van der Waals surface area (Å²) in [7, 11) is 0. The molecule has 4 aromatic rings. The second kappa shape index (κ2) is 19.6. The molecule has 5 N–H and O–H groups in total. The van der Waals surface area contributed by atoms with Gasteiger partial charge in [0.2, 0.25) is 5.91 Å². The number of carbonyl (C=O) groups excluding carboxylic acids is 3. The molecular formula is C45H55ClN6O4S. The Hall–Kier alpha value is -4.76. The van der Waals surface area contributed by atoms with Gasteiger partial charge in [-0.15, -0.1) is 11.3 Å². The molecule has 1 aromatic heterocycles. The summed E-state index contributed by atoms with van der Waals surface area (Å²) in [5.41, 5.74) is 11.8. The van der Waals surface area contributed by atoms with Crippen molar-refractivity contribution < 1.29 is 19.1 Å². The van der Waals surface area contributed by atoms with E-state index in [1.165, 1.54) is 0 Å². The zero-order chi connectivity index (χ0) is 41.2. The van der Waals surface area contributed by atoms with Gasteiger partial charge < -0.3 is 26.4 Å². The number of nitrogens with zero attached hydrogens (tertiary/aromatic N) is 2. The summed E-state index contributed by atoms with van der Waals surface area (Å²) in [4.78, 5) is 43.9. The van der Waals surface area contributed by atoms with Crippen molar-refractivity contribution in [2.75, 3.05) is 13.1 Å². The van der Waals surface area contributed by atoms with Crippen LogP contribution in [0, 0.1) is 29.1 Å². The van der Waals surface area contributed by atoms with Crippen LogP contribution < -0.4 is 26.4 Å². The predicted molar refractivity (Wildman–Crippen MR) is 227 cm³/mol. The highest BCUT2D eigenvalue weighted by atomic mass is 35.5. The molecule has 12 heteroatoms. The van der Waals surface area contributed by atoms with Crippen LogP contribution in [0.4, 0.5) is 0 Å². The molecule has 0 saturated heterocycles. The lowest BCUT2D eigenvalue weighted by atomic mass is 9.49. The highest BCUT2D eigenvalue weighted by Gasteiger charge is 2.64. The fourth-order valence-electron chi connectivity index (χ4n) is 8.10. The second-order valence-electron chi connectivity index (χ2n) is 16.2. The van der Waals surface area contributed by atoms with E-state index in [-0.39, 0.29) is 53.2 Å². The number of halogens is 1. The van der Waals surface area contributed by atoms with Gasteiger partial charge in [-0.2, -0.15) is 5.26 Å². The van der Waals surface area contributed by atoms with Crippen molar-refractivity contribution in [3.8, 4) is 22.3 Å². The Morgan fingerprint density at radius 3 is 2.00 bits per heavy atom. The Morgan fingerprint density at radius 2 is 1.44 bits per heavy atom. The number of hydrogen-bond acceptors (Lipinski definition) is 8. The van der Waals surface area contributed by atoms with Gasteiger partial charge in [0.1, 0.15) is 17.9 Å². The number of unbranched alkanes of at least 4 members (excludes halogenated alkanes) is 6.